The van der Waals surface area contributed by atoms with E-state index in [1.54, 1.807) is 39.9 Å². The van der Waals surface area contributed by atoms with Crippen molar-refractivity contribution < 1.29 is 14.0 Å². The Labute approximate surface area is 152 Å². The lowest BCUT2D eigenvalue weighted by molar-refractivity contribution is -0.135. The van der Waals surface area contributed by atoms with Crippen LogP contribution in [0.15, 0.2) is 35.2 Å². The molecule has 0 radical (unpaired) electrons. The second-order valence-corrected chi connectivity index (χ2v) is 5.76. The van der Waals surface area contributed by atoms with E-state index in [1.807, 2.05) is 13.2 Å². The Morgan fingerprint density at radius 1 is 1.24 bits per heavy atom. The Bertz CT molecular complexity index is 707. The number of piperazine rings is 1. The predicted octanol–water partition coefficient (Wildman–Crippen LogP) is 0.680. The molecule has 1 N–H and O–H groups in total. The van der Waals surface area contributed by atoms with Crippen LogP contribution in [0.4, 0.5) is 0 Å². The lowest BCUT2D eigenvalue weighted by Gasteiger charge is -2.35. The molecule has 3 rings (SSSR count). The van der Waals surface area contributed by atoms with E-state index in [0.717, 1.165) is 5.56 Å². The molecular weight excluding hydrogens is 346 g/mol. The molecule has 3 heterocycles. The van der Waals surface area contributed by atoms with Gasteiger partial charge in [-0.05, 0) is 19.2 Å². The van der Waals surface area contributed by atoms with E-state index in [2.05, 4.69) is 10.4 Å². The van der Waals surface area contributed by atoms with Crippen molar-refractivity contribution in [1.82, 2.24) is 24.9 Å². The van der Waals surface area contributed by atoms with E-state index < -0.39 is 6.04 Å². The largest absolute Gasteiger partial charge is 0.459 e. The summed E-state index contributed by atoms with van der Waals surface area (Å²) < 4.78 is 6.82. The summed E-state index contributed by atoms with van der Waals surface area (Å²) in [6.07, 6.45) is 5.00. The molecule has 1 aliphatic heterocycles. The molecule has 0 bridgehead atoms. The maximum absolute atomic E-state index is 12.7. The van der Waals surface area contributed by atoms with Crippen LogP contribution in [-0.2, 0) is 11.8 Å². The topological polar surface area (TPSA) is 83.6 Å². The zero-order chi connectivity index (χ0) is 17.1. The first-order valence-corrected chi connectivity index (χ1v) is 7.87. The van der Waals surface area contributed by atoms with Crippen molar-refractivity contribution in [2.45, 2.75) is 6.04 Å². The van der Waals surface area contributed by atoms with Gasteiger partial charge in [-0.15, -0.1) is 12.4 Å². The Balaban J connectivity index is 0.00000225. The number of hydrogen-bond acceptors (Lipinski definition) is 5. The lowest BCUT2D eigenvalue weighted by Crippen LogP contribution is -2.52. The van der Waals surface area contributed by atoms with Gasteiger partial charge >= 0.3 is 0 Å². The minimum absolute atomic E-state index is 0. The van der Waals surface area contributed by atoms with Crippen molar-refractivity contribution in [1.29, 1.82) is 0 Å². The maximum atomic E-state index is 12.7. The van der Waals surface area contributed by atoms with Crippen LogP contribution in [0.5, 0.6) is 0 Å². The molecule has 8 nitrogen and oxygen atoms in total. The van der Waals surface area contributed by atoms with E-state index in [-0.39, 0.29) is 24.2 Å². The number of likely N-dealkylation sites (N-methyl/N-ethyl adjacent to an activating group) is 1. The zero-order valence-corrected chi connectivity index (χ0v) is 15.0. The molecule has 1 fully saturated rings. The molecule has 0 saturated carbocycles. The molecule has 1 atom stereocenters. The van der Waals surface area contributed by atoms with Crippen LogP contribution < -0.4 is 5.32 Å². The van der Waals surface area contributed by atoms with Gasteiger partial charge in [-0.2, -0.15) is 5.10 Å². The second kappa shape index (κ2) is 8.17. The van der Waals surface area contributed by atoms with Crippen molar-refractivity contribution in [3.63, 3.8) is 0 Å². The summed E-state index contributed by atoms with van der Waals surface area (Å²) >= 11 is 0. The summed E-state index contributed by atoms with van der Waals surface area (Å²) in [5, 5.41) is 7.16. The molecule has 1 aliphatic rings. The van der Waals surface area contributed by atoms with E-state index in [0.29, 0.717) is 31.9 Å². The number of hydrogen-bond donors (Lipinski definition) is 1. The molecule has 25 heavy (non-hydrogen) atoms. The maximum Gasteiger partial charge on any atom is 0.289 e. The number of carbonyl (C=O) groups excluding carboxylic acids is 2. The van der Waals surface area contributed by atoms with Crippen LogP contribution in [0.2, 0.25) is 0 Å². The molecule has 9 heteroatoms. The summed E-state index contributed by atoms with van der Waals surface area (Å²) in [7, 11) is 3.58. The molecule has 0 aromatic carbocycles. The average molecular weight is 368 g/mol. The van der Waals surface area contributed by atoms with E-state index in [1.165, 1.54) is 6.26 Å². The van der Waals surface area contributed by atoms with Crippen molar-refractivity contribution in [2.75, 3.05) is 33.2 Å². The first-order chi connectivity index (χ1) is 11.6. The SMILES string of the molecule is CNC(C(=O)N1CCN(C(=O)c2ccco2)CC1)c1cnn(C)c1.Cl. The molecule has 2 aromatic heterocycles. The number of aryl methyl sites for hydroxylation is 1. The first-order valence-electron chi connectivity index (χ1n) is 7.87. The number of rotatable bonds is 4. The molecule has 2 aromatic rings. The number of amides is 2. The monoisotopic (exact) mass is 367 g/mol. The summed E-state index contributed by atoms with van der Waals surface area (Å²) in [5.74, 6) is 0.193. The Morgan fingerprint density at radius 3 is 2.44 bits per heavy atom. The summed E-state index contributed by atoms with van der Waals surface area (Å²) in [4.78, 5) is 28.5. The fourth-order valence-electron chi connectivity index (χ4n) is 2.89. The van der Waals surface area contributed by atoms with Crippen LogP contribution in [0.1, 0.15) is 22.2 Å². The van der Waals surface area contributed by atoms with E-state index in [9.17, 15) is 9.59 Å². The van der Waals surface area contributed by atoms with Gasteiger partial charge in [-0.3, -0.25) is 14.3 Å². The molecule has 1 unspecified atom stereocenters. The number of nitrogens with one attached hydrogen (secondary N) is 1. The molecule has 0 spiro atoms. The third kappa shape index (κ3) is 4.02. The van der Waals surface area contributed by atoms with Gasteiger partial charge in [0.2, 0.25) is 5.91 Å². The molecular formula is C16H22ClN5O3. The van der Waals surface area contributed by atoms with Crippen LogP contribution in [-0.4, -0.2) is 64.6 Å². The normalized spacial score (nSPS) is 15.6. The van der Waals surface area contributed by atoms with Gasteiger partial charge in [-0.25, -0.2) is 0 Å². The fourth-order valence-corrected chi connectivity index (χ4v) is 2.89. The Hall–Kier alpha value is -2.32. The van der Waals surface area contributed by atoms with Gasteiger partial charge in [0, 0.05) is 45.0 Å². The number of carbonyl (C=O) groups is 2. The standard InChI is InChI=1S/C16H21N5O3.ClH/c1-17-14(12-10-18-19(2)11-12)16(23)21-7-5-20(6-8-21)15(22)13-4-3-9-24-13;/h3-4,9-11,14,17H,5-8H2,1-2H3;1H. The zero-order valence-electron chi connectivity index (χ0n) is 14.2. The van der Waals surface area contributed by atoms with Gasteiger partial charge in [0.1, 0.15) is 6.04 Å². The minimum Gasteiger partial charge on any atom is -0.459 e. The average Bonchev–Trinajstić information content (AvgIpc) is 3.27. The van der Waals surface area contributed by atoms with Crippen LogP contribution >= 0.6 is 12.4 Å². The van der Waals surface area contributed by atoms with Crippen molar-refractivity contribution in [3.8, 4) is 0 Å². The predicted molar refractivity (Wildman–Crippen MR) is 93.4 cm³/mol. The van der Waals surface area contributed by atoms with Crippen LogP contribution in [0.25, 0.3) is 0 Å². The number of furan rings is 1. The third-order valence-electron chi connectivity index (χ3n) is 4.20. The van der Waals surface area contributed by atoms with E-state index >= 15 is 0 Å². The van der Waals surface area contributed by atoms with Gasteiger partial charge in [0.15, 0.2) is 5.76 Å². The highest BCUT2D eigenvalue weighted by Gasteiger charge is 2.30. The number of halogens is 1. The smallest absolute Gasteiger partial charge is 0.289 e. The number of nitrogens with zero attached hydrogens (tertiary/aromatic N) is 4. The third-order valence-corrected chi connectivity index (χ3v) is 4.20. The summed E-state index contributed by atoms with van der Waals surface area (Å²) in [6.45, 7) is 2.00. The molecule has 0 aliphatic carbocycles. The van der Waals surface area contributed by atoms with Gasteiger partial charge in [-0.1, -0.05) is 0 Å². The van der Waals surface area contributed by atoms with Gasteiger partial charge in [0.25, 0.3) is 5.91 Å². The summed E-state index contributed by atoms with van der Waals surface area (Å²) in [6, 6.07) is 2.92. The van der Waals surface area contributed by atoms with E-state index in [4.69, 9.17) is 4.42 Å². The minimum atomic E-state index is -0.425. The van der Waals surface area contributed by atoms with Crippen LogP contribution in [0, 0.1) is 0 Å². The Kier molecular flexibility index (Phi) is 6.22. The second-order valence-electron chi connectivity index (χ2n) is 5.76. The van der Waals surface area contributed by atoms with Crippen molar-refractivity contribution in [2.24, 2.45) is 7.05 Å². The van der Waals surface area contributed by atoms with Gasteiger partial charge in [0.05, 0.1) is 12.5 Å². The van der Waals surface area contributed by atoms with Crippen molar-refractivity contribution in [3.05, 3.63) is 42.1 Å². The highest BCUT2D eigenvalue weighted by molar-refractivity contribution is 5.91. The highest BCUT2D eigenvalue weighted by atomic mass is 35.5. The quantitative estimate of drug-likeness (QED) is 0.859. The molecule has 1 saturated heterocycles. The summed E-state index contributed by atoms with van der Waals surface area (Å²) in [5.41, 5.74) is 0.832. The number of aromatic nitrogens is 2. The molecule has 2 amide bonds. The molecule has 136 valence electrons. The fraction of sp³-hybridized carbons (Fsp3) is 0.438. The van der Waals surface area contributed by atoms with Crippen molar-refractivity contribution >= 4 is 24.2 Å². The Morgan fingerprint density at radius 2 is 1.92 bits per heavy atom. The van der Waals surface area contributed by atoms with Gasteiger partial charge < -0.3 is 19.5 Å². The first kappa shape index (κ1) is 19.0. The lowest BCUT2D eigenvalue weighted by atomic mass is 10.1. The van der Waals surface area contributed by atoms with Crippen LogP contribution in [0.3, 0.4) is 0 Å². The highest BCUT2D eigenvalue weighted by Crippen LogP contribution is 2.17.